The lowest BCUT2D eigenvalue weighted by Gasteiger charge is -2.05. The zero-order chi connectivity index (χ0) is 40.9. The molecule has 17 heteroatoms. The number of aryl methyl sites for hydroxylation is 1. The molecule has 0 radical (unpaired) electrons. The van der Waals surface area contributed by atoms with E-state index in [1.54, 1.807) is 12.1 Å². The quantitative estimate of drug-likeness (QED) is 0.0418. The molecule has 0 fully saturated rings. The lowest BCUT2D eigenvalue weighted by atomic mass is 10.1. The molecule has 0 saturated carbocycles. The third kappa shape index (κ3) is 11.6. The van der Waals surface area contributed by atoms with Gasteiger partial charge in [-0.2, -0.15) is 0 Å². The molecule has 58 heavy (non-hydrogen) atoms. The molecule has 8 aromatic rings. The van der Waals surface area contributed by atoms with Crippen molar-refractivity contribution in [1.29, 1.82) is 0 Å². The molecule has 296 valence electrons. The Balaban J connectivity index is 0.000000156. The number of hydrogen-bond acceptors (Lipinski definition) is 11. The summed E-state index contributed by atoms with van der Waals surface area (Å²) in [4.78, 5) is 55.3. The van der Waals surface area contributed by atoms with Gasteiger partial charge < -0.3 is 34.3 Å². The van der Waals surface area contributed by atoms with Crippen LogP contribution in [0.2, 0.25) is 10.0 Å². The number of nitrogens with zero attached hydrogens (tertiary/aromatic N) is 4. The fourth-order valence-corrected chi connectivity index (χ4v) is 5.99. The van der Waals surface area contributed by atoms with Gasteiger partial charge in [-0.15, -0.1) is 0 Å². The number of rotatable bonds is 11. The smallest absolute Gasteiger partial charge is 0.458 e. The van der Waals surface area contributed by atoms with Crippen molar-refractivity contribution in [2.75, 3.05) is 0 Å². The van der Waals surface area contributed by atoms with Gasteiger partial charge in [0.05, 0.1) is 38.0 Å². The van der Waals surface area contributed by atoms with Crippen molar-refractivity contribution in [3.63, 3.8) is 0 Å². The Bertz CT molecular complexity index is 2540. The van der Waals surface area contributed by atoms with Crippen LogP contribution < -0.4 is 4.74 Å². The number of aliphatic hydroxyl groups excluding tert-OH is 1. The number of non-ortho nitro benzene ring substituents is 1. The van der Waals surface area contributed by atoms with Crippen LogP contribution in [0.5, 0.6) is 5.75 Å². The monoisotopic (exact) mass is 823 g/mol. The number of nitro benzene ring substituents is 1. The van der Waals surface area contributed by atoms with E-state index >= 15 is 0 Å². The summed E-state index contributed by atoms with van der Waals surface area (Å²) in [6.45, 7) is 0.0460. The van der Waals surface area contributed by atoms with Gasteiger partial charge in [-0.05, 0) is 79.1 Å². The SMILES string of the molecule is O=C(CCCc1ccc(Cl)cc1Cl)OCc1nc2ccccc2[nH]1.O=C(OCc1nc2ccccc2[nH]1)Oc1ccc([N+](=O)[O-])cc1.OCc1nc2ccccc2[nH]1. The molecule has 3 heterocycles. The Hall–Kier alpha value is -6.81. The van der Waals surface area contributed by atoms with Crippen LogP contribution in [0.1, 0.15) is 35.9 Å². The number of imidazole rings is 3. The summed E-state index contributed by atoms with van der Waals surface area (Å²) < 4.78 is 15.1. The number of halogens is 2. The molecule has 0 atom stereocenters. The van der Waals surface area contributed by atoms with E-state index < -0.39 is 11.1 Å². The topological polar surface area (TPSA) is 211 Å². The average Bonchev–Trinajstić information content (AvgIpc) is 3.97. The highest BCUT2D eigenvalue weighted by Gasteiger charge is 2.12. The molecule has 0 saturated heterocycles. The second kappa shape index (κ2) is 19.9. The molecule has 0 spiro atoms. The van der Waals surface area contributed by atoms with Crippen LogP contribution in [-0.2, 0) is 40.5 Å². The van der Waals surface area contributed by atoms with Gasteiger partial charge in [0.1, 0.15) is 36.4 Å². The molecule has 5 aromatic carbocycles. The van der Waals surface area contributed by atoms with Gasteiger partial charge in [0, 0.05) is 28.6 Å². The minimum atomic E-state index is -0.917. The zero-order valence-corrected chi connectivity index (χ0v) is 32.1. The van der Waals surface area contributed by atoms with E-state index in [0.29, 0.717) is 46.8 Å². The highest BCUT2D eigenvalue weighted by atomic mass is 35.5. The molecule has 0 aliphatic carbocycles. The minimum absolute atomic E-state index is 0.0331. The largest absolute Gasteiger partial charge is 0.514 e. The number of ether oxygens (including phenoxy) is 3. The highest BCUT2D eigenvalue weighted by Crippen LogP contribution is 2.23. The standard InChI is InChI=1S/C18H16Cl2N2O2.C15H11N3O5.C8H8N2O/c19-13-9-8-12(14(20)10-13)4-3-7-18(23)24-11-17-21-15-5-1-2-6-16(15)22-17;19-15(23-11-7-5-10(6-8-11)18(20)21)22-9-14-16-12-3-1-2-4-13(12)17-14;11-5-8-9-6-3-1-2-4-7(6)10-8/h1-2,5-6,8-10H,3-4,7,11H2,(H,21,22);1-8H,9H2,(H,16,17);1-4,11H,5H2,(H,9,10). The van der Waals surface area contributed by atoms with Crippen molar-refractivity contribution in [2.45, 2.75) is 39.1 Å². The number of benzene rings is 5. The summed E-state index contributed by atoms with van der Waals surface area (Å²) >= 11 is 12.0. The summed E-state index contributed by atoms with van der Waals surface area (Å²) in [7, 11) is 0. The molecule has 0 bridgehead atoms. The molecule has 4 N–H and O–H groups in total. The van der Waals surface area contributed by atoms with Crippen molar-refractivity contribution >= 4 is 74.1 Å². The third-order valence-corrected chi connectivity index (χ3v) is 8.84. The first-order chi connectivity index (χ1) is 28.1. The summed E-state index contributed by atoms with van der Waals surface area (Å²) in [6, 6.07) is 33.3. The molecule has 0 amide bonds. The number of para-hydroxylation sites is 6. The molecule has 8 rings (SSSR count). The number of nitro groups is 1. The van der Waals surface area contributed by atoms with Gasteiger partial charge in [-0.3, -0.25) is 14.9 Å². The number of aromatic amines is 3. The van der Waals surface area contributed by atoms with Crippen LogP contribution in [0, 0.1) is 10.1 Å². The predicted octanol–water partition coefficient (Wildman–Crippen LogP) is 9.18. The lowest BCUT2D eigenvalue weighted by Crippen LogP contribution is -2.11. The lowest BCUT2D eigenvalue weighted by molar-refractivity contribution is -0.384. The van der Waals surface area contributed by atoms with Crippen LogP contribution in [0.15, 0.2) is 115 Å². The molecular formula is C41H35Cl2N7O8. The van der Waals surface area contributed by atoms with Crippen molar-refractivity contribution in [1.82, 2.24) is 29.9 Å². The predicted molar refractivity (Wildman–Crippen MR) is 217 cm³/mol. The maximum atomic E-state index is 11.8. The van der Waals surface area contributed by atoms with Gasteiger partial charge in [0.2, 0.25) is 0 Å². The second-order valence-electron chi connectivity index (χ2n) is 12.4. The van der Waals surface area contributed by atoms with Crippen molar-refractivity contribution in [2.24, 2.45) is 0 Å². The second-order valence-corrected chi connectivity index (χ2v) is 13.2. The number of H-pyrrole nitrogens is 3. The fraction of sp³-hybridized carbons (Fsp3) is 0.146. The summed E-state index contributed by atoms with van der Waals surface area (Å²) in [5.74, 6) is 1.66. The van der Waals surface area contributed by atoms with Crippen molar-refractivity contribution in [3.8, 4) is 5.75 Å². The number of aliphatic hydroxyl groups is 1. The van der Waals surface area contributed by atoms with Gasteiger partial charge in [0.15, 0.2) is 6.61 Å². The Morgan fingerprint density at radius 3 is 1.72 bits per heavy atom. The Morgan fingerprint density at radius 2 is 1.21 bits per heavy atom. The number of nitrogens with one attached hydrogen (secondary N) is 3. The first-order valence-electron chi connectivity index (χ1n) is 17.7. The maximum absolute atomic E-state index is 11.8. The molecule has 0 aliphatic heterocycles. The van der Waals surface area contributed by atoms with E-state index in [1.807, 2.05) is 78.9 Å². The highest BCUT2D eigenvalue weighted by molar-refractivity contribution is 6.35. The Morgan fingerprint density at radius 1 is 0.690 bits per heavy atom. The van der Waals surface area contributed by atoms with Crippen LogP contribution in [0.25, 0.3) is 33.1 Å². The van der Waals surface area contributed by atoms with Crippen molar-refractivity contribution in [3.05, 3.63) is 158 Å². The molecule has 0 aliphatic rings. The van der Waals surface area contributed by atoms with Gasteiger partial charge in [-0.25, -0.2) is 19.7 Å². The third-order valence-electron chi connectivity index (χ3n) is 8.25. The number of hydrogen-bond donors (Lipinski definition) is 4. The maximum Gasteiger partial charge on any atom is 0.514 e. The number of fused-ring (bicyclic) bond motifs is 3. The number of aromatic nitrogens is 6. The Labute approximate surface area is 340 Å². The van der Waals surface area contributed by atoms with E-state index in [2.05, 4.69) is 29.9 Å². The number of carbonyl (C=O) groups is 2. The van der Waals surface area contributed by atoms with E-state index in [4.69, 9.17) is 42.5 Å². The van der Waals surface area contributed by atoms with Gasteiger partial charge >= 0.3 is 12.1 Å². The normalized spacial score (nSPS) is 10.7. The summed E-state index contributed by atoms with van der Waals surface area (Å²) in [5.41, 5.74) is 6.17. The first kappa shape index (κ1) is 40.8. The Kier molecular flexibility index (Phi) is 14.0. The first-order valence-corrected chi connectivity index (χ1v) is 18.5. The molecule has 3 aromatic heterocycles. The van der Waals surface area contributed by atoms with E-state index in [1.165, 1.54) is 24.3 Å². The van der Waals surface area contributed by atoms with Crippen molar-refractivity contribution < 1.29 is 33.8 Å². The van der Waals surface area contributed by atoms with Crippen LogP contribution >= 0.6 is 23.2 Å². The number of carbonyl (C=O) groups excluding carboxylic acids is 2. The van der Waals surface area contributed by atoms with E-state index in [0.717, 1.165) is 38.7 Å². The zero-order valence-electron chi connectivity index (χ0n) is 30.6. The van der Waals surface area contributed by atoms with Crippen LogP contribution in [0.3, 0.4) is 0 Å². The van der Waals surface area contributed by atoms with Gasteiger partial charge in [-0.1, -0.05) is 65.7 Å². The average molecular weight is 825 g/mol. The molecular weight excluding hydrogens is 789 g/mol. The summed E-state index contributed by atoms with van der Waals surface area (Å²) in [6.07, 6.45) is 0.786. The van der Waals surface area contributed by atoms with E-state index in [9.17, 15) is 19.7 Å². The fourth-order valence-electron chi connectivity index (χ4n) is 5.49. The van der Waals surface area contributed by atoms with Crippen LogP contribution in [-0.4, -0.2) is 52.1 Å². The molecule has 15 nitrogen and oxygen atoms in total. The van der Waals surface area contributed by atoms with Crippen LogP contribution in [0.4, 0.5) is 10.5 Å². The minimum Gasteiger partial charge on any atom is -0.458 e. The van der Waals surface area contributed by atoms with E-state index in [-0.39, 0.29) is 37.2 Å². The molecule has 0 unspecified atom stereocenters. The summed E-state index contributed by atoms with van der Waals surface area (Å²) in [5, 5.41) is 20.5. The number of esters is 1. The van der Waals surface area contributed by atoms with Gasteiger partial charge in [0.25, 0.3) is 5.69 Å².